The van der Waals surface area contributed by atoms with Gasteiger partial charge in [-0.25, -0.2) is 0 Å². The van der Waals surface area contributed by atoms with Crippen LogP contribution in [0.1, 0.15) is 5.56 Å². The van der Waals surface area contributed by atoms with Gasteiger partial charge in [0.25, 0.3) is 0 Å². The van der Waals surface area contributed by atoms with Gasteiger partial charge in [0.2, 0.25) is 5.91 Å². The highest BCUT2D eigenvalue weighted by Gasteiger charge is 2.13. The summed E-state index contributed by atoms with van der Waals surface area (Å²) < 4.78 is 11.0. The largest absolute Gasteiger partial charge is 0.486 e. The molecule has 2 heterocycles. The molecule has 5 nitrogen and oxygen atoms in total. The third kappa shape index (κ3) is 2.85. The molecule has 0 radical (unpaired) electrons. The van der Waals surface area contributed by atoms with Crippen molar-refractivity contribution in [2.24, 2.45) is 0 Å². The zero-order chi connectivity index (χ0) is 15.6. The van der Waals surface area contributed by atoms with Crippen LogP contribution < -0.4 is 14.8 Å². The lowest BCUT2D eigenvalue weighted by molar-refractivity contribution is -0.115. The van der Waals surface area contributed by atoms with Crippen molar-refractivity contribution in [3.8, 4) is 11.5 Å². The van der Waals surface area contributed by atoms with E-state index in [9.17, 15) is 4.79 Å². The summed E-state index contributed by atoms with van der Waals surface area (Å²) in [5.41, 5.74) is 2.76. The van der Waals surface area contributed by atoms with Crippen molar-refractivity contribution in [3.05, 3.63) is 54.2 Å². The molecular weight excluding hydrogens is 292 g/mol. The molecule has 1 aromatic heterocycles. The van der Waals surface area contributed by atoms with E-state index < -0.39 is 0 Å². The van der Waals surface area contributed by atoms with Crippen LogP contribution in [0.5, 0.6) is 11.5 Å². The average molecular weight is 308 g/mol. The summed E-state index contributed by atoms with van der Waals surface area (Å²) in [7, 11) is 0. The number of aromatic nitrogens is 1. The Kier molecular flexibility index (Phi) is 3.38. The number of H-pyrrole nitrogens is 1. The number of amides is 1. The predicted molar refractivity (Wildman–Crippen MR) is 88.1 cm³/mol. The molecule has 3 aromatic rings. The summed E-state index contributed by atoms with van der Waals surface area (Å²) in [5, 5.41) is 4.01. The van der Waals surface area contributed by atoms with Crippen LogP contribution in [0.4, 0.5) is 5.69 Å². The summed E-state index contributed by atoms with van der Waals surface area (Å²) in [6.07, 6.45) is 2.22. The molecule has 0 unspecified atom stereocenters. The van der Waals surface area contributed by atoms with Crippen LogP contribution in [0, 0.1) is 0 Å². The molecule has 4 rings (SSSR count). The minimum absolute atomic E-state index is 0.0587. The maximum absolute atomic E-state index is 12.2. The van der Waals surface area contributed by atoms with Gasteiger partial charge in [-0.15, -0.1) is 0 Å². The summed E-state index contributed by atoms with van der Waals surface area (Å²) in [5.74, 6) is 1.33. The van der Waals surface area contributed by atoms with Gasteiger partial charge in [0.1, 0.15) is 13.2 Å². The fourth-order valence-corrected chi connectivity index (χ4v) is 2.72. The van der Waals surface area contributed by atoms with Crippen molar-refractivity contribution in [1.82, 2.24) is 4.98 Å². The maximum atomic E-state index is 12.2. The van der Waals surface area contributed by atoms with Gasteiger partial charge in [-0.1, -0.05) is 6.07 Å². The Morgan fingerprint density at radius 2 is 1.91 bits per heavy atom. The molecule has 0 bridgehead atoms. The van der Waals surface area contributed by atoms with Gasteiger partial charge in [0, 0.05) is 23.5 Å². The minimum atomic E-state index is -0.0587. The molecule has 23 heavy (non-hydrogen) atoms. The fraction of sp³-hybridized carbons (Fsp3) is 0.167. The number of fused-ring (bicyclic) bond motifs is 2. The smallest absolute Gasteiger partial charge is 0.228 e. The quantitative estimate of drug-likeness (QED) is 0.781. The fourth-order valence-electron chi connectivity index (χ4n) is 2.72. The molecular formula is C18H16N2O3. The van der Waals surface area contributed by atoms with Crippen LogP contribution in [0.25, 0.3) is 10.9 Å². The maximum Gasteiger partial charge on any atom is 0.228 e. The lowest BCUT2D eigenvalue weighted by Crippen LogP contribution is -2.17. The second kappa shape index (κ2) is 5.68. The van der Waals surface area contributed by atoms with Crippen molar-refractivity contribution >= 4 is 22.5 Å². The average Bonchev–Trinajstić information content (AvgIpc) is 3.02. The molecule has 0 aliphatic carbocycles. The third-order valence-corrected chi connectivity index (χ3v) is 3.81. The van der Waals surface area contributed by atoms with Gasteiger partial charge in [-0.05, 0) is 41.3 Å². The topological polar surface area (TPSA) is 63.4 Å². The standard InChI is InChI=1S/C18H16N2O3/c21-18(10-12-1-3-15-13(9-12)5-6-19-15)20-14-2-4-16-17(11-14)23-8-7-22-16/h1-6,9,11,19H,7-8,10H2,(H,20,21). The molecule has 1 amide bonds. The molecule has 1 aliphatic rings. The van der Waals surface area contributed by atoms with Gasteiger partial charge in [-0.3, -0.25) is 4.79 Å². The van der Waals surface area contributed by atoms with E-state index in [1.165, 1.54) is 0 Å². The second-order valence-electron chi connectivity index (χ2n) is 5.48. The first kappa shape index (κ1) is 13.7. The molecule has 0 fully saturated rings. The zero-order valence-electron chi connectivity index (χ0n) is 12.5. The highest BCUT2D eigenvalue weighted by molar-refractivity contribution is 5.93. The van der Waals surface area contributed by atoms with Gasteiger partial charge < -0.3 is 19.8 Å². The Morgan fingerprint density at radius 1 is 1.04 bits per heavy atom. The summed E-state index contributed by atoms with van der Waals surface area (Å²) in [4.78, 5) is 15.4. The first-order valence-electron chi connectivity index (χ1n) is 7.53. The van der Waals surface area contributed by atoms with Gasteiger partial charge in [-0.2, -0.15) is 0 Å². The Hall–Kier alpha value is -2.95. The molecule has 2 N–H and O–H groups in total. The molecule has 0 saturated heterocycles. The predicted octanol–water partition coefficient (Wildman–Crippen LogP) is 3.12. The molecule has 5 heteroatoms. The number of carbonyl (C=O) groups is 1. The summed E-state index contributed by atoms with van der Waals surface area (Å²) >= 11 is 0. The van der Waals surface area contributed by atoms with E-state index in [1.807, 2.05) is 42.6 Å². The molecule has 2 aromatic carbocycles. The number of benzene rings is 2. The molecule has 0 spiro atoms. The Morgan fingerprint density at radius 3 is 2.83 bits per heavy atom. The minimum Gasteiger partial charge on any atom is -0.486 e. The first-order valence-corrected chi connectivity index (χ1v) is 7.53. The van der Waals surface area contributed by atoms with E-state index in [0.717, 1.165) is 16.5 Å². The van der Waals surface area contributed by atoms with E-state index in [4.69, 9.17) is 9.47 Å². The lowest BCUT2D eigenvalue weighted by Gasteiger charge is -2.19. The number of hydrogen-bond donors (Lipinski definition) is 2. The van der Waals surface area contributed by atoms with E-state index in [1.54, 1.807) is 6.07 Å². The Balaban J connectivity index is 1.47. The first-order chi connectivity index (χ1) is 11.3. The van der Waals surface area contributed by atoms with Crippen LogP contribution in [-0.2, 0) is 11.2 Å². The number of hydrogen-bond acceptors (Lipinski definition) is 3. The van der Waals surface area contributed by atoms with E-state index in [0.29, 0.717) is 36.8 Å². The van der Waals surface area contributed by atoms with Crippen molar-refractivity contribution in [2.45, 2.75) is 6.42 Å². The highest BCUT2D eigenvalue weighted by atomic mass is 16.6. The molecule has 0 atom stereocenters. The summed E-state index contributed by atoms with van der Waals surface area (Å²) in [6, 6.07) is 13.4. The SMILES string of the molecule is O=C(Cc1ccc2[nH]ccc2c1)Nc1ccc2c(c1)OCCO2. The van der Waals surface area contributed by atoms with Gasteiger partial charge >= 0.3 is 0 Å². The highest BCUT2D eigenvalue weighted by Crippen LogP contribution is 2.32. The van der Waals surface area contributed by atoms with Crippen LogP contribution >= 0.6 is 0 Å². The van der Waals surface area contributed by atoms with E-state index in [2.05, 4.69) is 10.3 Å². The molecule has 1 aliphatic heterocycles. The third-order valence-electron chi connectivity index (χ3n) is 3.81. The number of aromatic amines is 1. The Bertz CT molecular complexity index is 870. The number of rotatable bonds is 3. The van der Waals surface area contributed by atoms with Gasteiger partial charge in [0.05, 0.1) is 6.42 Å². The molecule has 0 saturated carbocycles. The van der Waals surface area contributed by atoms with E-state index in [-0.39, 0.29) is 5.91 Å². The lowest BCUT2D eigenvalue weighted by atomic mass is 10.1. The van der Waals surface area contributed by atoms with Crippen LogP contribution in [0.3, 0.4) is 0 Å². The van der Waals surface area contributed by atoms with Gasteiger partial charge in [0.15, 0.2) is 11.5 Å². The van der Waals surface area contributed by atoms with Crippen LogP contribution in [0.15, 0.2) is 48.7 Å². The summed E-state index contributed by atoms with van der Waals surface area (Å²) in [6.45, 7) is 1.08. The van der Waals surface area contributed by atoms with E-state index >= 15 is 0 Å². The van der Waals surface area contributed by atoms with Crippen molar-refractivity contribution in [3.63, 3.8) is 0 Å². The second-order valence-corrected chi connectivity index (χ2v) is 5.48. The van der Waals surface area contributed by atoms with Crippen molar-refractivity contribution < 1.29 is 14.3 Å². The van der Waals surface area contributed by atoms with Crippen LogP contribution in [0.2, 0.25) is 0 Å². The normalized spacial score (nSPS) is 13.0. The van der Waals surface area contributed by atoms with Crippen LogP contribution in [-0.4, -0.2) is 24.1 Å². The van der Waals surface area contributed by atoms with Crippen molar-refractivity contribution in [1.29, 1.82) is 0 Å². The number of anilines is 1. The Labute approximate surface area is 133 Å². The molecule has 116 valence electrons. The monoisotopic (exact) mass is 308 g/mol. The number of carbonyl (C=O) groups excluding carboxylic acids is 1. The number of nitrogens with one attached hydrogen (secondary N) is 2. The number of ether oxygens (including phenoxy) is 2. The zero-order valence-corrected chi connectivity index (χ0v) is 12.5. The van der Waals surface area contributed by atoms with Crippen molar-refractivity contribution in [2.75, 3.05) is 18.5 Å².